The first kappa shape index (κ1) is 18.0. The summed E-state index contributed by atoms with van der Waals surface area (Å²) in [6.07, 6.45) is 7.43. The van der Waals surface area contributed by atoms with Gasteiger partial charge >= 0.3 is 0 Å². The molecule has 3 aliphatic heterocycles. The van der Waals surface area contributed by atoms with Crippen LogP contribution < -0.4 is 5.32 Å². The number of halogens is 2. The third-order valence-electron chi connectivity index (χ3n) is 4.74. The Balaban J connectivity index is 0.000001000. The van der Waals surface area contributed by atoms with Crippen molar-refractivity contribution in [2.75, 3.05) is 32.7 Å². The molecule has 1 N–H and O–H groups in total. The van der Waals surface area contributed by atoms with Gasteiger partial charge in [0.2, 0.25) is 5.91 Å². The molecule has 3 rings (SSSR count). The fraction of sp³-hybridized carbons (Fsp3) is 0.929. The van der Waals surface area contributed by atoms with Crippen LogP contribution in [0.4, 0.5) is 0 Å². The lowest BCUT2D eigenvalue weighted by atomic mass is 10.1. The van der Waals surface area contributed by atoms with Crippen molar-refractivity contribution in [1.29, 1.82) is 0 Å². The van der Waals surface area contributed by atoms with Gasteiger partial charge in [-0.3, -0.25) is 9.69 Å². The third-order valence-corrected chi connectivity index (χ3v) is 4.74. The van der Waals surface area contributed by atoms with Crippen LogP contribution in [0.1, 0.15) is 38.5 Å². The molecule has 0 aliphatic carbocycles. The van der Waals surface area contributed by atoms with Gasteiger partial charge in [-0.25, -0.2) is 0 Å². The molecule has 3 heterocycles. The van der Waals surface area contributed by atoms with E-state index < -0.39 is 0 Å². The van der Waals surface area contributed by atoms with Crippen molar-refractivity contribution in [1.82, 2.24) is 15.1 Å². The molecule has 4 nitrogen and oxygen atoms in total. The second kappa shape index (κ2) is 8.42. The quantitative estimate of drug-likeness (QED) is 0.839. The largest absolute Gasteiger partial charge is 0.340 e. The van der Waals surface area contributed by atoms with Crippen molar-refractivity contribution in [3.63, 3.8) is 0 Å². The molecular formula is C14H27Cl2N3O. The zero-order valence-corrected chi connectivity index (χ0v) is 13.7. The Bertz CT molecular complexity index is 305. The number of carbonyl (C=O) groups is 1. The summed E-state index contributed by atoms with van der Waals surface area (Å²) < 4.78 is 0. The summed E-state index contributed by atoms with van der Waals surface area (Å²) in [5, 5.41) is 3.32. The second-order valence-corrected chi connectivity index (χ2v) is 5.97. The molecule has 118 valence electrons. The molecule has 3 aliphatic rings. The Morgan fingerprint density at radius 3 is 2.35 bits per heavy atom. The number of likely N-dealkylation sites (tertiary alicyclic amines) is 2. The fourth-order valence-electron chi connectivity index (χ4n) is 3.64. The lowest BCUT2D eigenvalue weighted by molar-refractivity contribution is -0.132. The fourth-order valence-corrected chi connectivity index (χ4v) is 3.64. The van der Waals surface area contributed by atoms with Gasteiger partial charge in [0.05, 0.1) is 6.04 Å². The zero-order valence-electron chi connectivity index (χ0n) is 12.1. The van der Waals surface area contributed by atoms with Crippen LogP contribution in [0.5, 0.6) is 0 Å². The van der Waals surface area contributed by atoms with Crippen LogP contribution in [-0.4, -0.2) is 60.5 Å². The molecule has 0 radical (unpaired) electrons. The van der Waals surface area contributed by atoms with E-state index in [0.717, 1.165) is 32.5 Å². The third kappa shape index (κ3) is 4.00. The number of rotatable bonds is 2. The summed E-state index contributed by atoms with van der Waals surface area (Å²) in [4.78, 5) is 17.0. The topological polar surface area (TPSA) is 35.6 Å². The molecule has 20 heavy (non-hydrogen) atoms. The van der Waals surface area contributed by atoms with E-state index in [1.807, 2.05) is 0 Å². The SMILES string of the molecule is Cl.Cl.O=C([C@@H]1CCCN1)N1CCC(N2CCCCC2)C1. The summed E-state index contributed by atoms with van der Waals surface area (Å²) in [5.41, 5.74) is 0. The number of nitrogens with zero attached hydrogens (tertiary/aromatic N) is 2. The molecule has 0 bridgehead atoms. The van der Waals surface area contributed by atoms with Crippen molar-refractivity contribution in [2.45, 2.75) is 50.6 Å². The number of nitrogens with one attached hydrogen (secondary N) is 1. The molecule has 0 aromatic rings. The monoisotopic (exact) mass is 323 g/mol. The first-order valence-electron chi connectivity index (χ1n) is 7.61. The van der Waals surface area contributed by atoms with E-state index in [1.165, 1.54) is 38.8 Å². The van der Waals surface area contributed by atoms with E-state index in [-0.39, 0.29) is 30.9 Å². The van der Waals surface area contributed by atoms with E-state index in [2.05, 4.69) is 15.1 Å². The smallest absolute Gasteiger partial charge is 0.239 e. The van der Waals surface area contributed by atoms with E-state index >= 15 is 0 Å². The molecule has 0 saturated carbocycles. The van der Waals surface area contributed by atoms with Crippen molar-refractivity contribution in [3.8, 4) is 0 Å². The van der Waals surface area contributed by atoms with Crippen LogP contribution in [0.2, 0.25) is 0 Å². The summed E-state index contributed by atoms with van der Waals surface area (Å²) in [6, 6.07) is 0.751. The van der Waals surface area contributed by atoms with Crippen LogP contribution in [-0.2, 0) is 4.79 Å². The van der Waals surface area contributed by atoms with Crippen LogP contribution in [0.3, 0.4) is 0 Å². The highest BCUT2D eigenvalue weighted by Crippen LogP contribution is 2.21. The maximum atomic E-state index is 12.3. The van der Waals surface area contributed by atoms with Crippen molar-refractivity contribution in [2.24, 2.45) is 0 Å². The molecule has 1 amide bonds. The Labute approximate surface area is 134 Å². The van der Waals surface area contributed by atoms with Crippen molar-refractivity contribution >= 4 is 30.7 Å². The highest BCUT2D eigenvalue weighted by molar-refractivity contribution is 5.85. The standard InChI is InChI=1S/C14H25N3O.2ClH/c18-14(13-5-4-7-15-13)17-10-6-12(11-17)16-8-2-1-3-9-16;;/h12-13,15H,1-11H2;2*1H/t12?,13-;;/m0../s1. The summed E-state index contributed by atoms with van der Waals surface area (Å²) in [7, 11) is 0. The first-order valence-corrected chi connectivity index (χ1v) is 7.61. The van der Waals surface area contributed by atoms with Gasteiger partial charge < -0.3 is 10.2 Å². The molecule has 3 fully saturated rings. The maximum absolute atomic E-state index is 12.3. The molecule has 6 heteroatoms. The molecule has 0 spiro atoms. The lowest BCUT2D eigenvalue weighted by Gasteiger charge is -2.32. The van der Waals surface area contributed by atoms with Gasteiger partial charge in [0.1, 0.15) is 0 Å². The lowest BCUT2D eigenvalue weighted by Crippen LogP contribution is -2.45. The Morgan fingerprint density at radius 1 is 0.950 bits per heavy atom. The van der Waals surface area contributed by atoms with Crippen molar-refractivity contribution < 1.29 is 4.79 Å². The van der Waals surface area contributed by atoms with Crippen LogP contribution in [0.25, 0.3) is 0 Å². The predicted molar refractivity (Wildman–Crippen MR) is 85.9 cm³/mol. The molecule has 1 unspecified atom stereocenters. The van der Waals surface area contributed by atoms with Crippen molar-refractivity contribution in [3.05, 3.63) is 0 Å². The number of piperidine rings is 1. The van der Waals surface area contributed by atoms with Gasteiger partial charge in [0, 0.05) is 19.1 Å². The van der Waals surface area contributed by atoms with Gasteiger partial charge in [0.15, 0.2) is 0 Å². The Hall–Kier alpha value is -0.0300. The van der Waals surface area contributed by atoms with E-state index in [4.69, 9.17) is 0 Å². The molecular weight excluding hydrogens is 297 g/mol. The van der Waals surface area contributed by atoms with Gasteiger partial charge in [-0.15, -0.1) is 24.8 Å². The van der Waals surface area contributed by atoms with Crippen LogP contribution >= 0.6 is 24.8 Å². The number of amides is 1. The summed E-state index contributed by atoms with van der Waals surface area (Å²) in [6.45, 7) is 5.44. The Kier molecular flexibility index (Phi) is 7.59. The molecule has 0 aromatic heterocycles. The van der Waals surface area contributed by atoms with Gasteiger partial charge in [-0.2, -0.15) is 0 Å². The number of hydrogen-bond donors (Lipinski definition) is 1. The average molecular weight is 324 g/mol. The van der Waals surface area contributed by atoms with Gasteiger partial charge in [-0.05, 0) is 51.7 Å². The molecule has 3 saturated heterocycles. The number of hydrogen-bond acceptors (Lipinski definition) is 3. The maximum Gasteiger partial charge on any atom is 0.239 e. The normalized spacial score (nSPS) is 30.7. The average Bonchev–Trinajstić information content (AvgIpc) is 3.10. The second-order valence-electron chi connectivity index (χ2n) is 5.97. The predicted octanol–water partition coefficient (Wildman–Crippen LogP) is 1.67. The molecule has 2 atom stereocenters. The van der Waals surface area contributed by atoms with Crippen LogP contribution in [0.15, 0.2) is 0 Å². The van der Waals surface area contributed by atoms with Crippen LogP contribution in [0, 0.1) is 0 Å². The Morgan fingerprint density at radius 2 is 1.70 bits per heavy atom. The summed E-state index contributed by atoms with van der Waals surface area (Å²) >= 11 is 0. The summed E-state index contributed by atoms with van der Waals surface area (Å²) in [5.74, 6) is 0.354. The van der Waals surface area contributed by atoms with E-state index in [9.17, 15) is 4.79 Å². The van der Waals surface area contributed by atoms with Gasteiger partial charge in [-0.1, -0.05) is 6.42 Å². The minimum absolute atomic E-state index is 0. The minimum atomic E-state index is 0. The van der Waals surface area contributed by atoms with E-state index in [0.29, 0.717) is 11.9 Å². The highest BCUT2D eigenvalue weighted by Gasteiger charge is 2.34. The zero-order chi connectivity index (χ0) is 12.4. The minimum Gasteiger partial charge on any atom is -0.340 e. The van der Waals surface area contributed by atoms with Gasteiger partial charge in [0.25, 0.3) is 0 Å². The highest BCUT2D eigenvalue weighted by atomic mass is 35.5. The number of carbonyl (C=O) groups excluding carboxylic acids is 1. The molecule has 0 aromatic carbocycles. The first-order chi connectivity index (χ1) is 8.84. The van der Waals surface area contributed by atoms with E-state index in [1.54, 1.807) is 0 Å².